The molecule has 1 N–H and O–H groups in total. The van der Waals surface area contributed by atoms with E-state index in [-0.39, 0.29) is 5.69 Å². The smallest absolute Gasteiger partial charge is 0.271 e. The van der Waals surface area contributed by atoms with E-state index in [0.717, 1.165) is 22.1 Å². The van der Waals surface area contributed by atoms with E-state index in [4.69, 9.17) is 0 Å². The van der Waals surface area contributed by atoms with Gasteiger partial charge in [0.15, 0.2) is 0 Å². The lowest BCUT2D eigenvalue weighted by molar-refractivity contribution is -0.384. The first-order chi connectivity index (χ1) is 13.7. The van der Waals surface area contributed by atoms with Crippen LogP contribution in [-0.2, 0) is 0 Å². The molecule has 28 heavy (non-hydrogen) atoms. The Kier molecular flexibility index (Phi) is 4.76. The number of anilines is 2. The second kappa shape index (κ2) is 7.67. The Morgan fingerprint density at radius 3 is 2.39 bits per heavy atom. The predicted molar refractivity (Wildman–Crippen MR) is 111 cm³/mol. The van der Waals surface area contributed by atoms with Crippen LogP contribution in [0.1, 0.15) is 0 Å². The molecule has 0 spiro atoms. The standard InChI is InChI=1S/C22H16N4O2/c27-26(28)19-11-6-10-18(15-19)24-25-22-20-12-5-4-7-16(20)13-14-21(22)23-17-8-2-1-3-9-17/h1-15,23H. The van der Waals surface area contributed by atoms with Crippen molar-refractivity contribution in [1.82, 2.24) is 0 Å². The van der Waals surface area contributed by atoms with E-state index in [0.29, 0.717) is 11.4 Å². The Morgan fingerprint density at radius 2 is 1.57 bits per heavy atom. The molecule has 0 saturated carbocycles. The van der Waals surface area contributed by atoms with E-state index < -0.39 is 4.92 Å². The van der Waals surface area contributed by atoms with Gasteiger partial charge in [-0.3, -0.25) is 10.1 Å². The molecule has 4 aromatic carbocycles. The maximum Gasteiger partial charge on any atom is 0.271 e. The van der Waals surface area contributed by atoms with Crippen LogP contribution in [0, 0.1) is 10.1 Å². The molecule has 0 aromatic heterocycles. The number of hydrogen-bond acceptors (Lipinski definition) is 5. The van der Waals surface area contributed by atoms with Crippen molar-refractivity contribution in [3.63, 3.8) is 0 Å². The van der Waals surface area contributed by atoms with Crippen LogP contribution in [0.25, 0.3) is 10.8 Å². The number of azo groups is 1. The second-order valence-electron chi connectivity index (χ2n) is 6.15. The summed E-state index contributed by atoms with van der Waals surface area (Å²) in [6.45, 7) is 0. The van der Waals surface area contributed by atoms with Crippen LogP contribution in [-0.4, -0.2) is 4.92 Å². The quantitative estimate of drug-likeness (QED) is 0.236. The Labute approximate surface area is 161 Å². The minimum absolute atomic E-state index is 0.0167. The summed E-state index contributed by atoms with van der Waals surface area (Å²) < 4.78 is 0. The number of nitro benzene ring substituents is 1. The fourth-order valence-electron chi connectivity index (χ4n) is 2.92. The zero-order valence-electron chi connectivity index (χ0n) is 14.8. The molecule has 136 valence electrons. The maximum atomic E-state index is 11.0. The highest BCUT2D eigenvalue weighted by Crippen LogP contribution is 2.37. The first-order valence-corrected chi connectivity index (χ1v) is 8.71. The number of nitrogens with zero attached hydrogens (tertiary/aromatic N) is 3. The number of nitrogens with one attached hydrogen (secondary N) is 1. The molecular formula is C22H16N4O2. The van der Waals surface area contributed by atoms with E-state index in [9.17, 15) is 10.1 Å². The van der Waals surface area contributed by atoms with Gasteiger partial charge >= 0.3 is 0 Å². The lowest BCUT2D eigenvalue weighted by Crippen LogP contribution is -1.91. The number of non-ortho nitro benzene ring substituents is 1. The molecule has 0 atom stereocenters. The van der Waals surface area contributed by atoms with Crippen molar-refractivity contribution in [3.05, 3.63) is 101 Å². The first-order valence-electron chi connectivity index (χ1n) is 8.71. The SMILES string of the molecule is O=[N+]([O-])c1cccc(N=Nc2c(Nc3ccccc3)ccc3ccccc23)c1. The van der Waals surface area contributed by atoms with E-state index in [1.807, 2.05) is 66.7 Å². The predicted octanol–water partition coefficient (Wildman–Crippen LogP) is 6.91. The Bertz CT molecular complexity index is 1170. The van der Waals surface area contributed by atoms with Gasteiger partial charge in [0.1, 0.15) is 5.69 Å². The molecule has 6 heteroatoms. The highest BCUT2D eigenvalue weighted by molar-refractivity contribution is 5.99. The molecule has 0 amide bonds. The van der Waals surface area contributed by atoms with Crippen LogP contribution in [0.4, 0.5) is 28.4 Å². The van der Waals surface area contributed by atoms with Crippen LogP contribution < -0.4 is 5.32 Å². The summed E-state index contributed by atoms with van der Waals surface area (Å²) in [7, 11) is 0. The summed E-state index contributed by atoms with van der Waals surface area (Å²) in [6, 6.07) is 27.8. The third-order valence-electron chi connectivity index (χ3n) is 4.26. The molecule has 0 aliphatic rings. The Hall–Kier alpha value is -4.06. The number of para-hydroxylation sites is 1. The summed E-state index contributed by atoms with van der Waals surface area (Å²) in [6.07, 6.45) is 0. The van der Waals surface area contributed by atoms with Gasteiger partial charge in [-0.2, -0.15) is 5.11 Å². The van der Waals surface area contributed by atoms with Crippen molar-refractivity contribution in [2.24, 2.45) is 10.2 Å². The third-order valence-corrected chi connectivity index (χ3v) is 4.26. The van der Waals surface area contributed by atoms with Gasteiger partial charge in [0, 0.05) is 23.2 Å². The fourth-order valence-corrected chi connectivity index (χ4v) is 2.92. The van der Waals surface area contributed by atoms with Gasteiger partial charge in [0.05, 0.1) is 16.3 Å². The van der Waals surface area contributed by atoms with Crippen molar-refractivity contribution in [1.29, 1.82) is 0 Å². The van der Waals surface area contributed by atoms with Crippen LogP contribution in [0.2, 0.25) is 0 Å². The molecule has 6 nitrogen and oxygen atoms in total. The topological polar surface area (TPSA) is 79.9 Å². The van der Waals surface area contributed by atoms with Crippen molar-refractivity contribution in [2.45, 2.75) is 0 Å². The maximum absolute atomic E-state index is 11.0. The molecule has 4 aromatic rings. The summed E-state index contributed by atoms with van der Waals surface area (Å²) in [5.74, 6) is 0. The van der Waals surface area contributed by atoms with E-state index in [1.165, 1.54) is 12.1 Å². The summed E-state index contributed by atoms with van der Waals surface area (Å²) >= 11 is 0. The highest BCUT2D eigenvalue weighted by Gasteiger charge is 2.09. The molecule has 0 unspecified atom stereocenters. The number of fused-ring (bicyclic) bond motifs is 1. The molecule has 0 saturated heterocycles. The molecule has 0 radical (unpaired) electrons. The van der Waals surface area contributed by atoms with Crippen molar-refractivity contribution in [2.75, 3.05) is 5.32 Å². The van der Waals surface area contributed by atoms with Crippen LogP contribution in [0.3, 0.4) is 0 Å². The van der Waals surface area contributed by atoms with Crippen molar-refractivity contribution < 1.29 is 4.92 Å². The van der Waals surface area contributed by atoms with Gasteiger partial charge < -0.3 is 5.32 Å². The molecule has 0 heterocycles. The average molecular weight is 368 g/mol. The normalized spacial score (nSPS) is 11.0. The van der Waals surface area contributed by atoms with E-state index in [2.05, 4.69) is 15.5 Å². The van der Waals surface area contributed by atoms with Gasteiger partial charge in [0.25, 0.3) is 5.69 Å². The van der Waals surface area contributed by atoms with Gasteiger partial charge in [-0.05, 0) is 29.7 Å². The molecular weight excluding hydrogens is 352 g/mol. The summed E-state index contributed by atoms with van der Waals surface area (Å²) in [4.78, 5) is 10.5. The number of benzene rings is 4. The average Bonchev–Trinajstić information content (AvgIpc) is 2.74. The minimum atomic E-state index is -0.445. The molecule has 0 aliphatic heterocycles. The van der Waals surface area contributed by atoms with Crippen LogP contribution >= 0.6 is 0 Å². The van der Waals surface area contributed by atoms with Gasteiger partial charge in [-0.1, -0.05) is 54.6 Å². The molecule has 0 bridgehead atoms. The van der Waals surface area contributed by atoms with Gasteiger partial charge in [-0.25, -0.2) is 0 Å². The molecule has 0 aliphatic carbocycles. The fraction of sp³-hybridized carbons (Fsp3) is 0. The minimum Gasteiger partial charge on any atom is -0.354 e. The number of rotatable bonds is 5. The largest absolute Gasteiger partial charge is 0.354 e. The van der Waals surface area contributed by atoms with E-state index >= 15 is 0 Å². The third kappa shape index (κ3) is 3.71. The van der Waals surface area contributed by atoms with Crippen LogP contribution in [0.5, 0.6) is 0 Å². The summed E-state index contributed by atoms with van der Waals surface area (Å²) in [5, 5.41) is 25.0. The number of hydrogen-bond donors (Lipinski definition) is 1. The molecule has 4 rings (SSSR count). The van der Waals surface area contributed by atoms with E-state index in [1.54, 1.807) is 12.1 Å². The van der Waals surface area contributed by atoms with Crippen molar-refractivity contribution >= 4 is 39.2 Å². The van der Waals surface area contributed by atoms with Gasteiger partial charge in [-0.15, -0.1) is 5.11 Å². The number of nitro groups is 1. The molecule has 0 fully saturated rings. The van der Waals surface area contributed by atoms with Crippen LogP contribution in [0.15, 0.2) is 101 Å². The zero-order valence-corrected chi connectivity index (χ0v) is 14.8. The first kappa shape index (κ1) is 17.4. The Morgan fingerprint density at radius 1 is 0.786 bits per heavy atom. The second-order valence-corrected chi connectivity index (χ2v) is 6.15. The van der Waals surface area contributed by atoms with Crippen molar-refractivity contribution in [3.8, 4) is 0 Å². The zero-order chi connectivity index (χ0) is 19.3. The van der Waals surface area contributed by atoms with Gasteiger partial charge in [0.2, 0.25) is 0 Å². The Balaban J connectivity index is 1.78. The highest BCUT2D eigenvalue weighted by atomic mass is 16.6. The lowest BCUT2D eigenvalue weighted by Gasteiger charge is -2.11. The lowest BCUT2D eigenvalue weighted by atomic mass is 10.1. The summed E-state index contributed by atoms with van der Waals surface area (Å²) in [5.41, 5.74) is 2.82. The monoisotopic (exact) mass is 368 g/mol.